The monoisotopic (exact) mass is 287 g/mol. The van der Waals surface area contributed by atoms with E-state index < -0.39 is 10.0 Å². The molecule has 1 heterocycles. The smallest absolute Gasteiger partial charge is 0.211 e. The third kappa shape index (κ3) is 3.60. The molecule has 1 rings (SSSR count). The summed E-state index contributed by atoms with van der Waals surface area (Å²) < 4.78 is 26.5. The van der Waals surface area contributed by atoms with Gasteiger partial charge in [-0.1, -0.05) is 37.0 Å². The number of hydrogen-bond donors (Lipinski definition) is 1. The van der Waals surface area contributed by atoms with Crippen LogP contribution in [0.5, 0.6) is 0 Å². The van der Waals surface area contributed by atoms with Crippen molar-refractivity contribution in [1.82, 2.24) is 4.72 Å². The molecule has 0 amide bonds. The molecule has 0 saturated carbocycles. The first-order chi connectivity index (χ1) is 6.83. The fourth-order valence-corrected chi connectivity index (χ4v) is 4.22. The molecule has 0 unspecified atom stereocenters. The van der Waals surface area contributed by atoms with Gasteiger partial charge in [0.15, 0.2) is 0 Å². The van der Waals surface area contributed by atoms with Crippen molar-refractivity contribution in [3.63, 3.8) is 0 Å². The van der Waals surface area contributed by atoms with Crippen LogP contribution in [-0.4, -0.2) is 15.0 Å². The van der Waals surface area contributed by atoms with Crippen LogP contribution in [0.3, 0.4) is 0 Å². The quantitative estimate of drug-likeness (QED) is 0.925. The number of halogens is 2. The van der Waals surface area contributed by atoms with Crippen LogP contribution in [0.15, 0.2) is 11.0 Å². The minimum absolute atomic E-state index is 0.0554. The minimum Gasteiger partial charge on any atom is -0.211 e. The van der Waals surface area contributed by atoms with E-state index in [2.05, 4.69) is 4.72 Å². The zero-order chi connectivity index (χ0) is 11.6. The zero-order valence-electron chi connectivity index (χ0n) is 8.25. The van der Waals surface area contributed by atoms with E-state index in [4.69, 9.17) is 23.2 Å². The Morgan fingerprint density at radius 2 is 2.07 bits per heavy atom. The maximum Gasteiger partial charge on any atom is 0.242 e. The van der Waals surface area contributed by atoms with E-state index in [-0.39, 0.29) is 15.1 Å². The number of sulfonamides is 1. The van der Waals surface area contributed by atoms with Gasteiger partial charge in [0.05, 0.1) is 4.34 Å². The molecule has 0 fully saturated rings. The van der Waals surface area contributed by atoms with Crippen LogP contribution in [0.4, 0.5) is 0 Å². The predicted octanol–water partition coefficient (Wildman–Crippen LogP) is 2.99. The third-order valence-corrected chi connectivity index (χ3v) is 4.77. The molecule has 0 saturated heterocycles. The Hall–Kier alpha value is 0.190. The Labute approximate surface area is 103 Å². The molecule has 0 atom stereocenters. The van der Waals surface area contributed by atoms with Gasteiger partial charge >= 0.3 is 0 Å². The lowest BCUT2D eigenvalue weighted by atomic mass is 10.2. The highest BCUT2D eigenvalue weighted by atomic mass is 35.5. The third-order valence-electron chi connectivity index (χ3n) is 1.60. The van der Waals surface area contributed by atoms with E-state index in [1.807, 2.05) is 13.8 Å². The fraction of sp³-hybridized carbons (Fsp3) is 0.500. The van der Waals surface area contributed by atoms with Crippen molar-refractivity contribution in [2.24, 2.45) is 5.92 Å². The average Bonchev–Trinajstić information content (AvgIpc) is 2.43. The standard InChI is InChI=1S/C8H11Cl2NO2S2/c1-5(2)4-11-15(12,13)6-3-7(9)14-8(6)10/h3,5,11H,4H2,1-2H3. The van der Waals surface area contributed by atoms with Crippen molar-refractivity contribution in [3.05, 3.63) is 14.7 Å². The van der Waals surface area contributed by atoms with Gasteiger partial charge in [0, 0.05) is 6.54 Å². The van der Waals surface area contributed by atoms with Crippen LogP contribution in [0.2, 0.25) is 8.67 Å². The van der Waals surface area contributed by atoms with Crippen LogP contribution in [0.25, 0.3) is 0 Å². The number of nitrogens with one attached hydrogen (secondary N) is 1. The van der Waals surface area contributed by atoms with Gasteiger partial charge in [-0.2, -0.15) is 0 Å². The van der Waals surface area contributed by atoms with Crippen molar-refractivity contribution < 1.29 is 8.42 Å². The van der Waals surface area contributed by atoms with Crippen molar-refractivity contribution in [2.45, 2.75) is 18.7 Å². The van der Waals surface area contributed by atoms with Crippen LogP contribution in [0, 0.1) is 5.92 Å². The Balaban J connectivity index is 2.91. The van der Waals surface area contributed by atoms with Gasteiger partial charge in [0.1, 0.15) is 9.23 Å². The van der Waals surface area contributed by atoms with Gasteiger partial charge in [-0.3, -0.25) is 0 Å². The van der Waals surface area contributed by atoms with Crippen LogP contribution < -0.4 is 4.72 Å². The first-order valence-corrected chi connectivity index (χ1v) is 7.33. The lowest BCUT2D eigenvalue weighted by molar-refractivity contribution is 0.560. The van der Waals surface area contributed by atoms with Crippen molar-refractivity contribution in [3.8, 4) is 0 Å². The number of hydrogen-bond acceptors (Lipinski definition) is 3. The predicted molar refractivity (Wildman–Crippen MR) is 64.4 cm³/mol. The fourth-order valence-electron chi connectivity index (χ4n) is 0.863. The van der Waals surface area contributed by atoms with E-state index >= 15 is 0 Å². The molecule has 0 aliphatic rings. The summed E-state index contributed by atoms with van der Waals surface area (Å²) in [6.07, 6.45) is 0. The average molecular weight is 288 g/mol. The Kier molecular flexibility index (Phi) is 4.43. The maximum atomic E-state index is 11.7. The maximum absolute atomic E-state index is 11.7. The zero-order valence-corrected chi connectivity index (χ0v) is 11.4. The molecule has 0 aliphatic heterocycles. The second kappa shape index (κ2) is 5.01. The summed E-state index contributed by atoms with van der Waals surface area (Å²) >= 11 is 12.5. The summed E-state index contributed by atoms with van der Waals surface area (Å²) in [6.45, 7) is 4.22. The SMILES string of the molecule is CC(C)CNS(=O)(=O)c1cc(Cl)sc1Cl. The van der Waals surface area contributed by atoms with Crippen LogP contribution in [0.1, 0.15) is 13.8 Å². The summed E-state index contributed by atoms with van der Waals surface area (Å²) in [6, 6.07) is 1.36. The highest BCUT2D eigenvalue weighted by Crippen LogP contribution is 2.33. The topological polar surface area (TPSA) is 46.2 Å². The summed E-state index contributed by atoms with van der Waals surface area (Å²) in [4.78, 5) is 0.0554. The Morgan fingerprint density at radius 1 is 1.47 bits per heavy atom. The van der Waals surface area contributed by atoms with E-state index in [0.29, 0.717) is 10.9 Å². The summed E-state index contributed by atoms with van der Waals surface area (Å²) in [7, 11) is -3.52. The second-order valence-electron chi connectivity index (χ2n) is 3.43. The summed E-state index contributed by atoms with van der Waals surface area (Å²) in [5, 5.41) is 0. The molecule has 1 aromatic heterocycles. The lowest BCUT2D eigenvalue weighted by Crippen LogP contribution is -2.27. The van der Waals surface area contributed by atoms with E-state index in [1.165, 1.54) is 6.07 Å². The number of rotatable bonds is 4. The Bertz CT molecular complexity index is 439. The van der Waals surface area contributed by atoms with Gasteiger partial charge < -0.3 is 0 Å². The molecule has 0 aromatic carbocycles. The molecule has 0 aliphatic carbocycles. The summed E-state index contributed by atoms with van der Waals surface area (Å²) in [5.41, 5.74) is 0. The normalized spacial score (nSPS) is 12.3. The van der Waals surface area contributed by atoms with Crippen LogP contribution in [-0.2, 0) is 10.0 Å². The van der Waals surface area contributed by atoms with E-state index in [9.17, 15) is 8.42 Å². The first-order valence-electron chi connectivity index (χ1n) is 4.27. The molecule has 15 heavy (non-hydrogen) atoms. The molecular formula is C8H11Cl2NO2S2. The van der Waals surface area contributed by atoms with Gasteiger partial charge in [0.25, 0.3) is 0 Å². The molecule has 1 aromatic rings. The van der Waals surface area contributed by atoms with Gasteiger partial charge in [-0.05, 0) is 12.0 Å². The van der Waals surface area contributed by atoms with E-state index in [0.717, 1.165) is 11.3 Å². The number of thiophene rings is 1. The largest absolute Gasteiger partial charge is 0.242 e. The van der Waals surface area contributed by atoms with Gasteiger partial charge in [-0.25, -0.2) is 13.1 Å². The molecule has 3 nitrogen and oxygen atoms in total. The highest BCUT2D eigenvalue weighted by Gasteiger charge is 2.20. The minimum atomic E-state index is -3.52. The van der Waals surface area contributed by atoms with Gasteiger partial charge in [-0.15, -0.1) is 11.3 Å². The molecular weight excluding hydrogens is 277 g/mol. The van der Waals surface area contributed by atoms with Crippen molar-refractivity contribution >= 4 is 44.6 Å². The molecule has 7 heteroatoms. The molecule has 0 radical (unpaired) electrons. The van der Waals surface area contributed by atoms with Crippen LogP contribution >= 0.6 is 34.5 Å². The van der Waals surface area contributed by atoms with E-state index in [1.54, 1.807) is 0 Å². The van der Waals surface area contributed by atoms with Crippen molar-refractivity contribution in [2.75, 3.05) is 6.54 Å². The Morgan fingerprint density at radius 3 is 2.47 bits per heavy atom. The second-order valence-corrected chi connectivity index (χ2v) is 7.46. The molecule has 0 spiro atoms. The summed E-state index contributed by atoms with van der Waals surface area (Å²) in [5.74, 6) is 0.243. The van der Waals surface area contributed by atoms with Crippen molar-refractivity contribution in [1.29, 1.82) is 0 Å². The van der Waals surface area contributed by atoms with Gasteiger partial charge in [0.2, 0.25) is 10.0 Å². The highest BCUT2D eigenvalue weighted by molar-refractivity contribution is 7.89. The molecule has 86 valence electrons. The first kappa shape index (κ1) is 13.3. The molecule has 0 bridgehead atoms. The lowest BCUT2D eigenvalue weighted by Gasteiger charge is -2.07. The molecule has 1 N–H and O–H groups in total.